The molecule has 1 aliphatic rings. The zero-order chi connectivity index (χ0) is 60.3. The van der Waals surface area contributed by atoms with Gasteiger partial charge in [0.15, 0.2) is 24.6 Å². The van der Waals surface area contributed by atoms with E-state index in [9.17, 15) is 34.5 Å². The van der Waals surface area contributed by atoms with Gasteiger partial charge in [0.2, 0.25) is 0 Å². The number of carboxylic acids is 1. The lowest BCUT2D eigenvalue weighted by Gasteiger charge is -2.40. The number of esters is 3. The van der Waals surface area contributed by atoms with E-state index in [1.165, 1.54) is 6.42 Å². The Morgan fingerprint density at radius 3 is 1.11 bits per heavy atom. The number of unbranched alkanes of at least 4 members (excludes halogenated alkanes) is 17. The lowest BCUT2D eigenvalue weighted by molar-refractivity contribution is -0.301. The zero-order valence-corrected chi connectivity index (χ0v) is 51.6. The summed E-state index contributed by atoms with van der Waals surface area (Å²) < 4.78 is 28.5. The molecule has 6 atom stereocenters. The molecule has 0 aromatic rings. The fraction of sp³-hybridized carbons (Fsp3) is 0.634. The Kier molecular flexibility index (Phi) is 52.4. The van der Waals surface area contributed by atoms with Crippen LogP contribution in [0.3, 0.4) is 0 Å². The van der Waals surface area contributed by atoms with E-state index in [1.54, 1.807) is 0 Å². The Labute approximate surface area is 502 Å². The average molecular weight is 1160 g/mol. The Bertz CT molecular complexity index is 1950. The van der Waals surface area contributed by atoms with Crippen molar-refractivity contribution in [2.45, 2.75) is 276 Å². The number of aliphatic carboxylic acids is 1. The van der Waals surface area contributed by atoms with Crippen LogP contribution >= 0.6 is 0 Å². The molecule has 468 valence electrons. The molecule has 6 unspecified atom stereocenters. The lowest BCUT2D eigenvalue weighted by atomic mass is 9.98. The van der Waals surface area contributed by atoms with Crippen LogP contribution in [0.5, 0.6) is 0 Å². The van der Waals surface area contributed by atoms with Crippen molar-refractivity contribution in [3.05, 3.63) is 134 Å². The van der Waals surface area contributed by atoms with Crippen molar-refractivity contribution in [2.75, 3.05) is 13.2 Å². The van der Waals surface area contributed by atoms with Crippen LogP contribution in [-0.2, 0) is 42.9 Å². The molecule has 0 bridgehead atoms. The first-order valence-corrected chi connectivity index (χ1v) is 32.2. The number of carbonyl (C=O) groups excluding carboxylic acids is 3. The van der Waals surface area contributed by atoms with E-state index in [-0.39, 0.29) is 25.9 Å². The maximum atomic E-state index is 13.2. The molecular weight excluding hydrogens is 1040 g/mol. The predicted molar refractivity (Wildman–Crippen MR) is 340 cm³/mol. The third-order valence-corrected chi connectivity index (χ3v) is 13.7. The van der Waals surface area contributed by atoms with Gasteiger partial charge in [-0.3, -0.25) is 14.4 Å². The van der Waals surface area contributed by atoms with Crippen LogP contribution in [0.15, 0.2) is 134 Å². The molecule has 0 aromatic carbocycles. The molecule has 1 heterocycles. The van der Waals surface area contributed by atoms with Crippen LogP contribution in [0.2, 0.25) is 0 Å². The van der Waals surface area contributed by atoms with Gasteiger partial charge in [-0.1, -0.05) is 225 Å². The van der Waals surface area contributed by atoms with Gasteiger partial charge in [0.05, 0.1) is 6.61 Å². The van der Waals surface area contributed by atoms with Crippen molar-refractivity contribution in [2.24, 2.45) is 0 Å². The molecule has 12 nitrogen and oxygen atoms in total. The minimum Gasteiger partial charge on any atom is -0.479 e. The molecule has 1 aliphatic heterocycles. The molecule has 1 rings (SSSR count). The van der Waals surface area contributed by atoms with Gasteiger partial charge in [-0.05, 0) is 128 Å². The topological polar surface area (TPSA) is 175 Å². The van der Waals surface area contributed by atoms with Crippen molar-refractivity contribution in [3.8, 4) is 0 Å². The second-order valence-corrected chi connectivity index (χ2v) is 21.2. The SMILES string of the molecule is CC/C=C\C/C=C\C/C=C\C/C=C\C/C=C\CCCCCC(=O)OC1C(OCC(COC(=O)CCCCCCCCC/C=C\C/C=C\C/C=C\CC)OC(=O)CCCCCCCCC/C=C\C/C=C\C/C=C\CC)OC(C(=O)O)C(O)C1O. The third-order valence-electron chi connectivity index (χ3n) is 13.7. The van der Waals surface area contributed by atoms with Crippen LogP contribution in [0.1, 0.15) is 239 Å². The molecule has 0 saturated carbocycles. The van der Waals surface area contributed by atoms with E-state index in [2.05, 4.69) is 154 Å². The average Bonchev–Trinajstić information content (AvgIpc) is 3.55. The van der Waals surface area contributed by atoms with Crippen LogP contribution in [0, 0.1) is 0 Å². The van der Waals surface area contributed by atoms with Gasteiger partial charge < -0.3 is 39.0 Å². The summed E-state index contributed by atoms with van der Waals surface area (Å²) in [5.41, 5.74) is 0. The van der Waals surface area contributed by atoms with E-state index < -0.39 is 67.3 Å². The summed E-state index contributed by atoms with van der Waals surface area (Å²) in [5, 5.41) is 31.6. The second kappa shape index (κ2) is 57.3. The summed E-state index contributed by atoms with van der Waals surface area (Å²) in [5.74, 6) is -3.20. The molecule has 0 aromatic heterocycles. The van der Waals surface area contributed by atoms with Crippen LogP contribution in [0.25, 0.3) is 0 Å². The number of allylic oxidation sites excluding steroid dienone is 22. The highest BCUT2D eigenvalue weighted by atomic mass is 16.7. The largest absolute Gasteiger partial charge is 0.479 e. The Balaban J connectivity index is 2.71. The maximum Gasteiger partial charge on any atom is 0.335 e. The van der Waals surface area contributed by atoms with E-state index in [4.69, 9.17) is 23.7 Å². The summed E-state index contributed by atoms with van der Waals surface area (Å²) in [7, 11) is 0. The van der Waals surface area contributed by atoms with Gasteiger partial charge in [-0.15, -0.1) is 0 Å². The quantitative estimate of drug-likeness (QED) is 0.0228. The van der Waals surface area contributed by atoms with E-state index in [0.717, 1.165) is 173 Å². The van der Waals surface area contributed by atoms with Gasteiger partial charge in [0.1, 0.15) is 18.8 Å². The number of aliphatic hydroxyl groups is 2. The molecule has 0 aliphatic carbocycles. The number of hydrogen-bond donors (Lipinski definition) is 3. The van der Waals surface area contributed by atoms with E-state index >= 15 is 0 Å². The Morgan fingerprint density at radius 1 is 0.398 bits per heavy atom. The fourth-order valence-electron chi connectivity index (χ4n) is 8.89. The van der Waals surface area contributed by atoms with Gasteiger partial charge in [-0.2, -0.15) is 0 Å². The van der Waals surface area contributed by atoms with E-state index in [0.29, 0.717) is 19.3 Å². The molecule has 1 saturated heterocycles. The minimum absolute atomic E-state index is 0.0121. The summed E-state index contributed by atoms with van der Waals surface area (Å²) in [6.45, 7) is 5.64. The zero-order valence-electron chi connectivity index (χ0n) is 51.6. The summed E-state index contributed by atoms with van der Waals surface area (Å²) in [6, 6.07) is 0. The van der Waals surface area contributed by atoms with Crippen molar-refractivity contribution in [1.82, 2.24) is 0 Å². The highest BCUT2D eigenvalue weighted by molar-refractivity contribution is 5.74. The molecule has 0 amide bonds. The molecule has 0 spiro atoms. The van der Waals surface area contributed by atoms with Crippen molar-refractivity contribution in [3.63, 3.8) is 0 Å². The van der Waals surface area contributed by atoms with Crippen molar-refractivity contribution in [1.29, 1.82) is 0 Å². The molecule has 1 fully saturated rings. The lowest BCUT2D eigenvalue weighted by Crippen LogP contribution is -2.61. The Morgan fingerprint density at radius 2 is 0.723 bits per heavy atom. The molecule has 12 heteroatoms. The first kappa shape index (κ1) is 75.9. The second-order valence-electron chi connectivity index (χ2n) is 21.2. The number of ether oxygens (including phenoxy) is 5. The first-order valence-electron chi connectivity index (χ1n) is 32.2. The number of carboxylic acid groups (broad SMARTS) is 1. The van der Waals surface area contributed by atoms with Gasteiger partial charge >= 0.3 is 23.9 Å². The van der Waals surface area contributed by atoms with Gasteiger partial charge in [0.25, 0.3) is 0 Å². The number of rotatable bonds is 53. The Hall–Kier alpha value is -5.14. The van der Waals surface area contributed by atoms with Crippen LogP contribution in [-0.4, -0.2) is 89.2 Å². The maximum absolute atomic E-state index is 13.2. The third kappa shape index (κ3) is 46.9. The number of carbonyl (C=O) groups is 4. The first-order chi connectivity index (χ1) is 40.6. The predicted octanol–water partition coefficient (Wildman–Crippen LogP) is 17.3. The monoisotopic (exact) mass is 1160 g/mol. The van der Waals surface area contributed by atoms with E-state index in [1.807, 2.05) is 0 Å². The van der Waals surface area contributed by atoms with Crippen LogP contribution in [0.4, 0.5) is 0 Å². The smallest absolute Gasteiger partial charge is 0.335 e. The number of aliphatic hydroxyl groups excluding tert-OH is 2. The summed E-state index contributed by atoms with van der Waals surface area (Å²) in [4.78, 5) is 51.4. The van der Waals surface area contributed by atoms with Gasteiger partial charge in [0, 0.05) is 19.3 Å². The van der Waals surface area contributed by atoms with Crippen molar-refractivity contribution >= 4 is 23.9 Å². The van der Waals surface area contributed by atoms with Gasteiger partial charge in [-0.25, -0.2) is 4.79 Å². The molecule has 83 heavy (non-hydrogen) atoms. The number of hydrogen-bond acceptors (Lipinski definition) is 11. The highest BCUT2D eigenvalue weighted by Crippen LogP contribution is 2.26. The van der Waals surface area contributed by atoms with Crippen LogP contribution < -0.4 is 0 Å². The fourth-order valence-corrected chi connectivity index (χ4v) is 8.89. The summed E-state index contributed by atoms with van der Waals surface area (Å²) >= 11 is 0. The normalized spacial score (nSPS) is 18.5. The molecule has 0 radical (unpaired) electrons. The highest BCUT2D eigenvalue weighted by Gasteiger charge is 2.50. The molecule has 3 N–H and O–H groups in total. The minimum atomic E-state index is -1.93. The standard InChI is InChI=1S/C71H112O12/c1-4-7-10-13-16-19-22-25-28-31-32-35-38-41-44-47-50-53-56-59-65(74)82-69-67(76)66(75)68(70(77)78)83-71(69)80-61-62(81-64(73)58-55-52-49-46-43-40-37-34-30-27-24-21-18-15-12-9-6-3)60-79-63(72)57-54-51-48-45-42-39-36-33-29-26-23-20-17-14-11-8-5-2/h7-12,16-21,25-30,32,35,41,44,62,66-69,71,75-76H,4-6,13-15,22-24,31,33-34,36-40,42-43,45-61H2,1-3H3,(H,77,78)/b10-7-,11-8-,12-9-,19-16-,20-17-,21-18-,28-25-,29-26-,30-27-,35-32-,44-41-. The van der Waals surface area contributed by atoms with Crippen molar-refractivity contribution < 1.29 is 58.2 Å². The summed E-state index contributed by atoms with van der Waals surface area (Å²) in [6.07, 6.45) is 68.3. The molecular formula is C71H112O12.